The molecule has 2 nitrogen and oxygen atoms in total. The zero-order chi connectivity index (χ0) is 7.61. The van der Waals surface area contributed by atoms with Gasteiger partial charge in [-0.3, -0.25) is 4.90 Å². The van der Waals surface area contributed by atoms with Gasteiger partial charge in [-0.2, -0.15) is 0 Å². The van der Waals surface area contributed by atoms with Crippen LogP contribution in [-0.4, -0.2) is 36.7 Å². The van der Waals surface area contributed by atoms with Crippen LogP contribution >= 0.6 is 0 Å². The van der Waals surface area contributed by atoms with E-state index >= 15 is 0 Å². The minimum absolute atomic E-state index is 0.0776. The Balaban J connectivity index is 2.40. The summed E-state index contributed by atoms with van der Waals surface area (Å²) in [6, 6.07) is 0. The van der Waals surface area contributed by atoms with Crippen molar-refractivity contribution in [2.24, 2.45) is 0 Å². The van der Waals surface area contributed by atoms with E-state index in [2.05, 4.69) is 25.7 Å². The average molecular weight is 143 g/mol. The van der Waals surface area contributed by atoms with Crippen LogP contribution in [0.2, 0.25) is 0 Å². The molecule has 1 saturated heterocycles. The Morgan fingerprint density at radius 2 is 2.20 bits per heavy atom. The summed E-state index contributed by atoms with van der Waals surface area (Å²) in [7, 11) is 0. The molecule has 0 N–H and O–H groups in total. The van der Waals surface area contributed by atoms with E-state index in [1.165, 1.54) is 0 Å². The largest absolute Gasteiger partial charge is 0.373 e. The summed E-state index contributed by atoms with van der Waals surface area (Å²) in [6.07, 6.45) is 0. The Kier molecular flexibility index (Phi) is 2.32. The minimum Gasteiger partial charge on any atom is -0.373 e. The van der Waals surface area contributed by atoms with Gasteiger partial charge < -0.3 is 4.74 Å². The number of morpholine rings is 1. The summed E-state index contributed by atoms with van der Waals surface area (Å²) in [5, 5.41) is 0. The maximum absolute atomic E-state index is 5.56. The third-order valence-corrected chi connectivity index (χ3v) is 1.95. The molecule has 1 fully saturated rings. The molecule has 0 radical (unpaired) electrons. The van der Waals surface area contributed by atoms with Crippen molar-refractivity contribution >= 4 is 0 Å². The van der Waals surface area contributed by atoms with Gasteiger partial charge in [0.25, 0.3) is 0 Å². The van der Waals surface area contributed by atoms with Crippen LogP contribution in [-0.2, 0) is 4.74 Å². The van der Waals surface area contributed by atoms with Crippen molar-refractivity contribution in [2.45, 2.75) is 26.4 Å². The summed E-state index contributed by atoms with van der Waals surface area (Å²) in [4.78, 5) is 2.42. The summed E-state index contributed by atoms with van der Waals surface area (Å²) in [5.74, 6) is 0. The van der Waals surface area contributed by atoms with E-state index in [4.69, 9.17) is 4.74 Å². The van der Waals surface area contributed by atoms with Crippen molar-refractivity contribution < 1.29 is 4.74 Å². The van der Waals surface area contributed by atoms with E-state index in [1.54, 1.807) is 0 Å². The first-order chi connectivity index (χ1) is 4.64. The van der Waals surface area contributed by atoms with Crippen molar-refractivity contribution in [1.82, 2.24) is 4.90 Å². The third-order valence-electron chi connectivity index (χ3n) is 1.95. The van der Waals surface area contributed by atoms with Gasteiger partial charge in [-0.25, -0.2) is 0 Å². The number of hydrogen-bond acceptors (Lipinski definition) is 2. The second kappa shape index (κ2) is 2.89. The first kappa shape index (κ1) is 8.02. The summed E-state index contributed by atoms with van der Waals surface area (Å²) < 4.78 is 5.56. The Bertz CT molecular complexity index is 112. The van der Waals surface area contributed by atoms with Gasteiger partial charge >= 0.3 is 0 Å². The molecular formula is C8H17NO. The molecule has 1 rings (SSSR count). The lowest BCUT2D eigenvalue weighted by Gasteiger charge is -2.37. The molecule has 2 heteroatoms. The lowest BCUT2D eigenvalue weighted by Crippen LogP contribution is -2.47. The quantitative estimate of drug-likeness (QED) is 0.545. The molecule has 0 atom stereocenters. The van der Waals surface area contributed by atoms with E-state index in [-0.39, 0.29) is 5.60 Å². The zero-order valence-corrected chi connectivity index (χ0v) is 7.18. The predicted octanol–water partition coefficient (Wildman–Crippen LogP) is 1.12. The normalized spacial score (nSPS) is 26.7. The minimum atomic E-state index is 0.0776. The van der Waals surface area contributed by atoms with E-state index in [0.717, 1.165) is 26.2 Å². The van der Waals surface area contributed by atoms with Gasteiger partial charge in [0.1, 0.15) is 0 Å². The van der Waals surface area contributed by atoms with Gasteiger partial charge in [0.2, 0.25) is 0 Å². The summed E-state index contributed by atoms with van der Waals surface area (Å²) in [6.45, 7) is 10.7. The molecule has 0 amide bonds. The molecule has 0 aromatic heterocycles. The van der Waals surface area contributed by atoms with Crippen molar-refractivity contribution in [1.29, 1.82) is 0 Å². The zero-order valence-electron chi connectivity index (χ0n) is 7.18. The van der Waals surface area contributed by atoms with E-state index in [1.807, 2.05) is 0 Å². The smallest absolute Gasteiger partial charge is 0.0753 e. The van der Waals surface area contributed by atoms with Crippen LogP contribution in [0.4, 0.5) is 0 Å². The number of ether oxygens (including phenoxy) is 1. The summed E-state index contributed by atoms with van der Waals surface area (Å²) in [5.41, 5.74) is 0.0776. The Morgan fingerprint density at radius 1 is 1.50 bits per heavy atom. The van der Waals surface area contributed by atoms with Gasteiger partial charge in [-0.15, -0.1) is 0 Å². The Labute approximate surface area is 63.2 Å². The van der Waals surface area contributed by atoms with E-state index in [0.29, 0.717) is 0 Å². The second-order valence-electron chi connectivity index (χ2n) is 3.48. The molecule has 1 aliphatic heterocycles. The number of likely N-dealkylation sites (N-methyl/N-ethyl adjacent to an activating group) is 1. The second-order valence-corrected chi connectivity index (χ2v) is 3.48. The maximum atomic E-state index is 5.56. The standard InChI is InChI=1S/C8H17NO/c1-4-9-5-6-10-8(2,3)7-9/h4-7H2,1-3H3. The highest BCUT2D eigenvalue weighted by Gasteiger charge is 2.25. The Morgan fingerprint density at radius 3 is 2.60 bits per heavy atom. The van der Waals surface area contributed by atoms with Crippen molar-refractivity contribution in [3.8, 4) is 0 Å². The van der Waals surface area contributed by atoms with Crippen molar-refractivity contribution in [2.75, 3.05) is 26.2 Å². The lowest BCUT2D eigenvalue weighted by molar-refractivity contribution is -0.0845. The molecule has 60 valence electrons. The van der Waals surface area contributed by atoms with E-state index < -0.39 is 0 Å². The number of nitrogens with zero attached hydrogens (tertiary/aromatic N) is 1. The molecule has 0 saturated carbocycles. The fourth-order valence-electron chi connectivity index (χ4n) is 1.38. The van der Waals surface area contributed by atoms with Crippen LogP contribution in [0.1, 0.15) is 20.8 Å². The lowest BCUT2D eigenvalue weighted by atomic mass is 10.1. The SMILES string of the molecule is CCN1CCOC(C)(C)C1. The molecule has 0 bridgehead atoms. The first-order valence-corrected chi connectivity index (χ1v) is 4.00. The molecule has 0 spiro atoms. The molecular weight excluding hydrogens is 126 g/mol. The van der Waals surface area contributed by atoms with Crippen LogP contribution in [0.15, 0.2) is 0 Å². The topological polar surface area (TPSA) is 12.5 Å². The highest BCUT2D eigenvalue weighted by molar-refractivity contribution is 4.77. The molecule has 0 aliphatic carbocycles. The molecule has 0 unspecified atom stereocenters. The fourth-order valence-corrected chi connectivity index (χ4v) is 1.38. The van der Waals surface area contributed by atoms with Gasteiger partial charge in [-0.1, -0.05) is 6.92 Å². The van der Waals surface area contributed by atoms with Crippen molar-refractivity contribution in [3.05, 3.63) is 0 Å². The van der Waals surface area contributed by atoms with Crippen LogP contribution < -0.4 is 0 Å². The monoisotopic (exact) mass is 143 g/mol. The molecule has 1 aliphatic rings. The predicted molar refractivity (Wildman–Crippen MR) is 42.1 cm³/mol. The molecule has 0 aromatic rings. The van der Waals surface area contributed by atoms with Crippen LogP contribution in [0.5, 0.6) is 0 Å². The average Bonchev–Trinajstić information content (AvgIpc) is 1.86. The van der Waals surface area contributed by atoms with Crippen LogP contribution in [0, 0.1) is 0 Å². The number of rotatable bonds is 1. The highest BCUT2D eigenvalue weighted by atomic mass is 16.5. The van der Waals surface area contributed by atoms with Crippen LogP contribution in [0.3, 0.4) is 0 Å². The fraction of sp³-hybridized carbons (Fsp3) is 1.00. The molecule has 0 aromatic carbocycles. The Hall–Kier alpha value is -0.0800. The van der Waals surface area contributed by atoms with Gasteiger partial charge in [0, 0.05) is 13.1 Å². The summed E-state index contributed by atoms with van der Waals surface area (Å²) >= 11 is 0. The molecule has 10 heavy (non-hydrogen) atoms. The highest BCUT2D eigenvalue weighted by Crippen LogP contribution is 2.15. The first-order valence-electron chi connectivity index (χ1n) is 4.00. The van der Waals surface area contributed by atoms with Gasteiger partial charge in [0.15, 0.2) is 0 Å². The van der Waals surface area contributed by atoms with Crippen molar-refractivity contribution in [3.63, 3.8) is 0 Å². The van der Waals surface area contributed by atoms with Gasteiger partial charge in [0.05, 0.1) is 12.2 Å². The molecule has 1 heterocycles. The number of hydrogen-bond donors (Lipinski definition) is 0. The van der Waals surface area contributed by atoms with Crippen LogP contribution in [0.25, 0.3) is 0 Å². The van der Waals surface area contributed by atoms with E-state index in [9.17, 15) is 0 Å². The van der Waals surface area contributed by atoms with Gasteiger partial charge in [-0.05, 0) is 20.4 Å². The third kappa shape index (κ3) is 1.96. The maximum Gasteiger partial charge on any atom is 0.0753 e.